The molecule has 0 saturated carbocycles. The molecule has 24 heavy (non-hydrogen) atoms. The number of nitrogens with zero attached hydrogens (tertiary/aromatic N) is 2. The van der Waals surface area contributed by atoms with Gasteiger partial charge in [-0.25, -0.2) is 18.4 Å². The van der Waals surface area contributed by atoms with Gasteiger partial charge in [-0.15, -0.1) is 0 Å². The normalized spacial score (nSPS) is 23.0. The highest BCUT2D eigenvalue weighted by molar-refractivity contribution is 7.91. The molecule has 0 radical (unpaired) electrons. The molecule has 1 fully saturated rings. The second-order valence-corrected chi connectivity index (χ2v) is 8.74. The molecule has 2 N–H and O–H groups in total. The van der Waals surface area contributed by atoms with Crippen molar-refractivity contribution in [2.45, 2.75) is 12.1 Å². The first kappa shape index (κ1) is 19.4. The minimum absolute atomic E-state index is 0.132. The number of rotatable bonds is 5. The standard InChI is InChI=1S/C14H19Cl2N3O4S/c1-18(2)19(11-7-24(22,23)8-12(11)20)6-13(21)17-10-5-3-4-9(15)14(10)16/h3-5,11-12,20H,6-8H2,1-2H3,(H,17,21). The lowest BCUT2D eigenvalue weighted by atomic mass is 10.2. The predicted octanol–water partition coefficient (Wildman–Crippen LogP) is 0.868. The summed E-state index contributed by atoms with van der Waals surface area (Å²) in [7, 11) is 0.0370. The molecule has 1 aromatic rings. The van der Waals surface area contributed by atoms with Crippen molar-refractivity contribution in [3.8, 4) is 0 Å². The van der Waals surface area contributed by atoms with Crippen molar-refractivity contribution < 1.29 is 18.3 Å². The highest BCUT2D eigenvalue weighted by Gasteiger charge is 2.41. The van der Waals surface area contributed by atoms with Crippen LogP contribution in [0.15, 0.2) is 18.2 Å². The average Bonchev–Trinajstić information content (AvgIpc) is 2.74. The number of carbonyl (C=O) groups excluding carboxylic acids is 1. The van der Waals surface area contributed by atoms with Crippen LogP contribution in [-0.2, 0) is 14.6 Å². The number of hydrogen-bond acceptors (Lipinski definition) is 6. The number of aliphatic hydroxyl groups is 1. The summed E-state index contributed by atoms with van der Waals surface area (Å²) in [5.74, 6) is -0.897. The molecule has 1 aliphatic rings. The van der Waals surface area contributed by atoms with E-state index in [-0.39, 0.29) is 23.1 Å². The van der Waals surface area contributed by atoms with Crippen molar-refractivity contribution in [2.24, 2.45) is 0 Å². The fourth-order valence-electron chi connectivity index (χ4n) is 2.59. The molecule has 0 spiro atoms. The molecule has 1 saturated heterocycles. The number of sulfone groups is 1. The number of carbonyl (C=O) groups is 1. The Kier molecular flexibility index (Phi) is 6.11. The van der Waals surface area contributed by atoms with Crippen molar-refractivity contribution in [1.29, 1.82) is 0 Å². The number of benzene rings is 1. The molecule has 1 heterocycles. The summed E-state index contributed by atoms with van der Waals surface area (Å²) in [6.45, 7) is -0.132. The van der Waals surface area contributed by atoms with Gasteiger partial charge in [0, 0.05) is 14.1 Å². The van der Waals surface area contributed by atoms with Gasteiger partial charge < -0.3 is 10.4 Å². The van der Waals surface area contributed by atoms with Gasteiger partial charge in [-0.2, -0.15) is 0 Å². The van der Waals surface area contributed by atoms with Crippen LogP contribution in [0.5, 0.6) is 0 Å². The summed E-state index contributed by atoms with van der Waals surface area (Å²) in [4.78, 5) is 12.3. The second-order valence-electron chi connectivity index (χ2n) is 5.81. The number of aliphatic hydroxyl groups excluding tert-OH is 1. The van der Waals surface area contributed by atoms with E-state index in [0.29, 0.717) is 10.7 Å². The molecule has 0 aliphatic carbocycles. The summed E-state index contributed by atoms with van der Waals surface area (Å²) in [6.07, 6.45) is -1.04. The molecule has 134 valence electrons. The van der Waals surface area contributed by atoms with Gasteiger partial charge in [0.05, 0.1) is 45.9 Å². The summed E-state index contributed by atoms with van der Waals surface area (Å²) in [6, 6.07) is 4.19. The first-order chi connectivity index (χ1) is 11.1. The lowest BCUT2D eigenvalue weighted by Gasteiger charge is -2.34. The zero-order valence-electron chi connectivity index (χ0n) is 13.2. The highest BCUT2D eigenvalue weighted by atomic mass is 35.5. The van der Waals surface area contributed by atoms with E-state index in [9.17, 15) is 18.3 Å². The number of halogens is 2. The van der Waals surface area contributed by atoms with Crippen LogP contribution in [0.1, 0.15) is 0 Å². The Morgan fingerprint density at radius 1 is 1.33 bits per heavy atom. The lowest BCUT2D eigenvalue weighted by molar-refractivity contribution is -0.125. The number of amides is 1. The number of nitrogens with one attached hydrogen (secondary N) is 1. The summed E-state index contributed by atoms with van der Waals surface area (Å²) >= 11 is 11.9. The van der Waals surface area contributed by atoms with Gasteiger partial charge in [0.25, 0.3) is 0 Å². The van der Waals surface area contributed by atoms with E-state index in [1.54, 1.807) is 37.3 Å². The maximum atomic E-state index is 12.3. The molecule has 1 aliphatic heterocycles. The van der Waals surface area contributed by atoms with Gasteiger partial charge in [-0.05, 0) is 12.1 Å². The van der Waals surface area contributed by atoms with Crippen molar-refractivity contribution in [3.05, 3.63) is 28.2 Å². The van der Waals surface area contributed by atoms with E-state index < -0.39 is 27.9 Å². The van der Waals surface area contributed by atoms with Crippen molar-refractivity contribution in [2.75, 3.05) is 37.5 Å². The van der Waals surface area contributed by atoms with Gasteiger partial charge >= 0.3 is 0 Å². The summed E-state index contributed by atoms with van der Waals surface area (Å²) in [5, 5.41) is 16.3. The zero-order valence-corrected chi connectivity index (χ0v) is 15.6. The Labute approximate surface area is 151 Å². The fourth-order valence-corrected chi connectivity index (χ4v) is 4.73. The van der Waals surface area contributed by atoms with Crippen LogP contribution >= 0.6 is 23.2 Å². The van der Waals surface area contributed by atoms with Gasteiger partial charge in [-0.1, -0.05) is 29.3 Å². The maximum absolute atomic E-state index is 12.3. The van der Waals surface area contributed by atoms with Crippen molar-refractivity contribution in [3.63, 3.8) is 0 Å². The van der Waals surface area contributed by atoms with Crippen LogP contribution < -0.4 is 5.32 Å². The monoisotopic (exact) mass is 395 g/mol. The minimum Gasteiger partial charge on any atom is -0.390 e. The van der Waals surface area contributed by atoms with Crippen LogP contribution in [0.2, 0.25) is 10.0 Å². The second kappa shape index (κ2) is 7.55. The number of anilines is 1. The molecule has 0 aromatic heterocycles. The third-order valence-electron chi connectivity index (χ3n) is 3.72. The predicted molar refractivity (Wildman–Crippen MR) is 93.9 cm³/mol. The fraction of sp³-hybridized carbons (Fsp3) is 0.500. The van der Waals surface area contributed by atoms with Crippen LogP contribution in [0.25, 0.3) is 0 Å². The van der Waals surface area contributed by atoms with Crippen molar-refractivity contribution >= 4 is 44.6 Å². The first-order valence-electron chi connectivity index (χ1n) is 7.17. The molecule has 2 unspecified atom stereocenters. The lowest BCUT2D eigenvalue weighted by Crippen LogP contribution is -2.53. The van der Waals surface area contributed by atoms with Crippen LogP contribution in [0.4, 0.5) is 5.69 Å². The van der Waals surface area contributed by atoms with Gasteiger partial charge in [0.15, 0.2) is 9.84 Å². The molecular formula is C14H19Cl2N3O4S. The zero-order chi connectivity index (χ0) is 18.1. The average molecular weight is 396 g/mol. The quantitative estimate of drug-likeness (QED) is 0.718. The highest BCUT2D eigenvalue weighted by Crippen LogP contribution is 2.29. The van der Waals surface area contributed by atoms with E-state index in [2.05, 4.69) is 5.32 Å². The smallest absolute Gasteiger partial charge is 0.240 e. The number of hydrogen-bond donors (Lipinski definition) is 2. The summed E-state index contributed by atoms with van der Waals surface area (Å²) < 4.78 is 23.4. The van der Waals surface area contributed by atoms with E-state index in [1.165, 1.54) is 5.01 Å². The Hall–Kier alpha value is -0.900. The maximum Gasteiger partial charge on any atom is 0.240 e. The van der Waals surface area contributed by atoms with Crippen molar-refractivity contribution in [1.82, 2.24) is 10.0 Å². The van der Waals surface area contributed by atoms with E-state index in [1.807, 2.05) is 0 Å². The molecule has 0 bridgehead atoms. The minimum atomic E-state index is -3.32. The van der Waals surface area contributed by atoms with Gasteiger partial charge in [0.1, 0.15) is 0 Å². The molecule has 1 aromatic carbocycles. The largest absolute Gasteiger partial charge is 0.390 e. The van der Waals surface area contributed by atoms with Gasteiger partial charge in [0.2, 0.25) is 5.91 Å². The first-order valence-corrected chi connectivity index (χ1v) is 9.74. The topological polar surface area (TPSA) is 90.0 Å². The Morgan fingerprint density at radius 2 is 2.00 bits per heavy atom. The van der Waals surface area contributed by atoms with E-state index in [0.717, 1.165) is 0 Å². The van der Waals surface area contributed by atoms with E-state index >= 15 is 0 Å². The molecule has 10 heteroatoms. The molecule has 2 rings (SSSR count). The Bertz CT molecular complexity index is 727. The Balaban J connectivity index is 2.11. The van der Waals surface area contributed by atoms with Crippen LogP contribution in [0, 0.1) is 0 Å². The SMILES string of the molecule is CN(C)N(CC(=O)Nc1cccc(Cl)c1Cl)C1CS(=O)(=O)CC1O. The van der Waals surface area contributed by atoms with Crippen LogP contribution in [0.3, 0.4) is 0 Å². The molecular weight excluding hydrogens is 377 g/mol. The third kappa shape index (κ3) is 4.59. The Morgan fingerprint density at radius 3 is 2.54 bits per heavy atom. The molecule has 1 amide bonds. The number of hydrazine groups is 1. The third-order valence-corrected chi connectivity index (χ3v) is 6.24. The van der Waals surface area contributed by atoms with E-state index in [4.69, 9.17) is 23.2 Å². The summed E-state index contributed by atoms with van der Waals surface area (Å²) in [5.41, 5.74) is 0.368. The van der Waals surface area contributed by atoms with Gasteiger partial charge in [-0.3, -0.25) is 4.79 Å². The molecule has 2 atom stereocenters. The van der Waals surface area contributed by atoms with Crippen LogP contribution in [-0.4, -0.2) is 73.7 Å². The molecule has 7 nitrogen and oxygen atoms in total.